The van der Waals surface area contributed by atoms with Crippen molar-refractivity contribution in [3.63, 3.8) is 0 Å². The highest BCUT2D eigenvalue weighted by Gasteiger charge is 2.21. The van der Waals surface area contributed by atoms with Crippen LogP contribution in [0.4, 0.5) is 5.69 Å². The van der Waals surface area contributed by atoms with Crippen molar-refractivity contribution in [1.82, 2.24) is 0 Å². The lowest BCUT2D eigenvalue weighted by atomic mass is 9.99. The van der Waals surface area contributed by atoms with E-state index in [1.165, 1.54) is 17.8 Å². The van der Waals surface area contributed by atoms with Gasteiger partial charge >= 0.3 is 5.97 Å². The first-order chi connectivity index (χ1) is 15.2. The zero-order chi connectivity index (χ0) is 23.4. The third-order valence-corrected chi connectivity index (χ3v) is 6.19. The maximum atomic E-state index is 13.0. The number of nitrogens with one attached hydrogen (secondary N) is 1. The van der Waals surface area contributed by atoms with Crippen LogP contribution in [0.15, 0.2) is 36.4 Å². The van der Waals surface area contributed by atoms with Gasteiger partial charge < -0.3 is 20.3 Å². The molecule has 0 bridgehead atoms. The molecular weight excluding hydrogens is 473 g/mol. The molecule has 0 aliphatic carbocycles. The molecule has 32 heavy (non-hydrogen) atoms. The Balaban J connectivity index is 1.95. The van der Waals surface area contributed by atoms with E-state index in [4.69, 9.17) is 33.0 Å². The summed E-state index contributed by atoms with van der Waals surface area (Å²) in [6, 6.07) is 10.2. The lowest BCUT2D eigenvalue weighted by Crippen LogP contribution is -2.14. The normalized spacial score (nSPS) is 10.9. The number of carboxylic acid groups (broad SMARTS) is 1. The van der Waals surface area contributed by atoms with Gasteiger partial charge in [-0.1, -0.05) is 41.4 Å². The number of carbonyl (C=O) groups is 2. The van der Waals surface area contributed by atoms with Gasteiger partial charge in [-0.3, -0.25) is 9.59 Å². The van der Waals surface area contributed by atoms with Crippen LogP contribution in [-0.4, -0.2) is 40.2 Å². The molecule has 3 aromatic rings. The Labute approximate surface area is 199 Å². The highest BCUT2D eigenvalue weighted by molar-refractivity contribution is 7.99. The molecule has 168 valence electrons. The Morgan fingerprint density at radius 1 is 1.12 bits per heavy atom. The number of amides is 1. The molecule has 0 saturated heterocycles. The number of aromatic hydroxyl groups is 1. The van der Waals surface area contributed by atoms with E-state index in [2.05, 4.69) is 5.32 Å². The predicted octanol–water partition coefficient (Wildman–Crippen LogP) is 5.92. The van der Waals surface area contributed by atoms with Gasteiger partial charge in [-0.25, -0.2) is 0 Å². The Morgan fingerprint density at radius 2 is 1.81 bits per heavy atom. The number of carbonyl (C=O) groups excluding carboxylic acids is 1. The highest BCUT2D eigenvalue weighted by Crippen LogP contribution is 2.39. The molecule has 0 spiro atoms. The Hall–Kier alpha value is -2.61. The summed E-state index contributed by atoms with van der Waals surface area (Å²) in [5.74, 6) is -0.829. The van der Waals surface area contributed by atoms with Crippen LogP contribution in [0.2, 0.25) is 10.0 Å². The minimum Gasteiger partial charge on any atom is -0.506 e. The van der Waals surface area contributed by atoms with Gasteiger partial charge in [0.25, 0.3) is 5.91 Å². The minimum atomic E-state index is -0.895. The van der Waals surface area contributed by atoms with E-state index in [9.17, 15) is 14.7 Å². The second-order valence-electron chi connectivity index (χ2n) is 7.12. The minimum absolute atomic E-state index is 0.00370. The van der Waals surface area contributed by atoms with E-state index < -0.39 is 11.9 Å². The summed E-state index contributed by atoms with van der Waals surface area (Å²) < 4.78 is 5.88. The van der Waals surface area contributed by atoms with E-state index in [1.54, 1.807) is 24.3 Å². The van der Waals surface area contributed by atoms with Crippen molar-refractivity contribution < 1.29 is 24.5 Å². The molecule has 0 saturated carbocycles. The van der Waals surface area contributed by atoms with Crippen molar-refractivity contribution in [2.24, 2.45) is 0 Å². The molecule has 0 atom stereocenters. The zero-order valence-electron chi connectivity index (χ0n) is 17.4. The van der Waals surface area contributed by atoms with Gasteiger partial charge in [0.15, 0.2) is 0 Å². The Kier molecular flexibility index (Phi) is 7.77. The fourth-order valence-corrected chi connectivity index (χ4v) is 4.48. The molecular formula is C23H21Cl2NO5S. The van der Waals surface area contributed by atoms with Crippen LogP contribution in [0.25, 0.3) is 10.8 Å². The monoisotopic (exact) mass is 493 g/mol. The lowest BCUT2D eigenvalue weighted by Gasteiger charge is -2.16. The number of anilines is 1. The zero-order valence-corrected chi connectivity index (χ0v) is 19.7. The summed E-state index contributed by atoms with van der Waals surface area (Å²) in [7, 11) is 0. The average Bonchev–Trinajstić information content (AvgIpc) is 2.71. The van der Waals surface area contributed by atoms with Crippen LogP contribution in [0, 0.1) is 13.8 Å². The smallest absolute Gasteiger partial charge is 0.313 e. The van der Waals surface area contributed by atoms with Gasteiger partial charge in [-0.05, 0) is 43.2 Å². The van der Waals surface area contributed by atoms with Gasteiger partial charge in [0.1, 0.15) is 11.5 Å². The SMILES string of the molecule is Cc1cc(Cl)c(NC(=O)c2cc(OCCSCC(=O)O)c3c(C)cccc3c2O)c(Cl)c1. The number of halogens is 2. The van der Waals surface area contributed by atoms with Gasteiger partial charge in [0, 0.05) is 16.5 Å². The maximum Gasteiger partial charge on any atom is 0.313 e. The first kappa shape index (κ1) is 24.0. The number of benzene rings is 3. The summed E-state index contributed by atoms with van der Waals surface area (Å²) in [5.41, 5.74) is 1.96. The number of fused-ring (bicyclic) bond motifs is 1. The van der Waals surface area contributed by atoms with Crippen LogP contribution in [0.3, 0.4) is 0 Å². The number of aliphatic carboxylic acids is 1. The van der Waals surface area contributed by atoms with Crippen molar-refractivity contribution in [1.29, 1.82) is 0 Å². The highest BCUT2D eigenvalue weighted by atomic mass is 35.5. The van der Waals surface area contributed by atoms with Gasteiger partial charge in [-0.15, -0.1) is 11.8 Å². The molecule has 3 aromatic carbocycles. The Bertz CT molecular complexity index is 1180. The molecule has 0 heterocycles. The van der Waals surface area contributed by atoms with E-state index in [0.29, 0.717) is 22.3 Å². The number of hydrogen-bond acceptors (Lipinski definition) is 5. The molecule has 0 fully saturated rings. The maximum absolute atomic E-state index is 13.0. The number of carboxylic acids is 1. The quantitative estimate of drug-likeness (QED) is 0.337. The van der Waals surface area contributed by atoms with Crippen LogP contribution in [0.1, 0.15) is 21.5 Å². The van der Waals surface area contributed by atoms with Crippen molar-refractivity contribution in [2.45, 2.75) is 13.8 Å². The Morgan fingerprint density at radius 3 is 2.47 bits per heavy atom. The second-order valence-corrected chi connectivity index (χ2v) is 9.04. The van der Waals surface area contributed by atoms with Crippen LogP contribution in [0.5, 0.6) is 11.5 Å². The summed E-state index contributed by atoms with van der Waals surface area (Å²) in [5, 5.41) is 24.0. The molecule has 0 aliphatic rings. The van der Waals surface area contributed by atoms with Crippen LogP contribution >= 0.6 is 35.0 Å². The van der Waals surface area contributed by atoms with Crippen molar-refractivity contribution in [2.75, 3.05) is 23.4 Å². The van der Waals surface area contributed by atoms with Gasteiger partial charge in [-0.2, -0.15) is 0 Å². The summed E-state index contributed by atoms with van der Waals surface area (Å²) in [6.45, 7) is 3.95. The first-order valence-electron chi connectivity index (χ1n) is 9.63. The summed E-state index contributed by atoms with van der Waals surface area (Å²) in [6.07, 6.45) is 0. The number of ether oxygens (including phenoxy) is 1. The molecule has 3 N–H and O–H groups in total. The topological polar surface area (TPSA) is 95.9 Å². The third kappa shape index (κ3) is 5.41. The molecule has 6 nitrogen and oxygen atoms in total. The molecule has 0 aromatic heterocycles. The van der Waals surface area contributed by atoms with Crippen LogP contribution in [-0.2, 0) is 4.79 Å². The number of rotatable bonds is 8. The number of phenolic OH excluding ortho intramolecular Hbond substituents is 1. The van der Waals surface area contributed by atoms with Crippen molar-refractivity contribution in [3.05, 3.63) is 63.1 Å². The fourth-order valence-electron chi connectivity index (χ4n) is 3.27. The number of thioether (sulfide) groups is 1. The van der Waals surface area contributed by atoms with Gasteiger partial charge in [0.2, 0.25) is 0 Å². The molecule has 0 radical (unpaired) electrons. The predicted molar refractivity (Wildman–Crippen MR) is 130 cm³/mol. The molecule has 0 unspecified atom stereocenters. The second kappa shape index (κ2) is 10.3. The number of hydrogen-bond donors (Lipinski definition) is 3. The molecule has 0 aliphatic heterocycles. The first-order valence-corrected chi connectivity index (χ1v) is 11.5. The number of phenols is 1. The van der Waals surface area contributed by atoms with Crippen molar-refractivity contribution in [3.8, 4) is 11.5 Å². The molecule has 3 rings (SSSR count). The largest absolute Gasteiger partial charge is 0.506 e. The van der Waals surface area contributed by atoms with E-state index in [0.717, 1.165) is 11.1 Å². The number of aryl methyl sites for hydroxylation is 2. The van der Waals surface area contributed by atoms with E-state index >= 15 is 0 Å². The van der Waals surface area contributed by atoms with E-state index in [-0.39, 0.29) is 39.4 Å². The van der Waals surface area contributed by atoms with Crippen molar-refractivity contribution >= 4 is 63.3 Å². The lowest BCUT2D eigenvalue weighted by molar-refractivity contribution is -0.133. The standard InChI is InChI=1S/C23H21Cl2NO5S/c1-12-8-16(24)21(17(25)9-12)26-23(30)15-10-18(31-6-7-32-11-19(27)28)20-13(2)4-3-5-14(20)22(15)29/h3-5,8-10,29H,6-7,11H2,1-2H3,(H,26,30)(H,27,28). The fraction of sp³-hybridized carbons (Fsp3) is 0.217. The molecule has 9 heteroatoms. The van der Waals surface area contributed by atoms with Crippen LogP contribution < -0.4 is 10.1 Å². The molecule has 1 amide bonds. The average molecular weight is 494 g/mol. The summed E-state index contributed by atoms with van der Waals surface area (Å²) >= 11 is 13.7. The summed E-state index contributed by atoms with van der Waals surface area (Å²) in [4.78, 5) is 23.7. The third-order valence-electron chi connectivity index (χ3n) is 4.69. The van der Waals surface area contributed by atoms with Gasteiger partial charge in [0.05, 0.1) is 33.7 Å². The van der Waals surface area contributed by atoms with E-state index in [1.807, 2.05) is 19.9 Å².